The predicted molar refractivity (Wildman–Crippen MR) is 130 cm³/mol. The third-order valence-corrected chi connectivity index (χ3v) is 7.28. The number of rotatable bonds is 5. The van der Waals surface area contributed by atoms with Gasteiger partial charge in [0, 0.05) is 42.3 Å². The van der Waals surface area contributed by atoms with E-state index in [0.717, 1.165) is 58.1 Å². The molecular weight excluding hydrogens is 434 g/mol. The van der Waals surface area contributed by atoms with E-state index in [1.54, 1.807) is 17.4 Å². The number of hydrogen-bond donors (Lipinski definition) is 1. The summed E-state index contributed by atoms with van der Waals surface area (Å²) in [6, 6.07) is 9.66. The van der Waals surface area contributed by atoms with Gasteiger partial charge in [-0.15, -0.1) is 11.3 Å². The Morgan fingerprint density at radius 3 is 2.85 bits per heavy atom. The fraction of sp³-hybridized carbons (Fsp3) is 0.320. The first-order chi connectivity index (χ1) is 16.0. The standard InChI is InChI=1S/C25H27N5O2S/c1-17-7-10-28(11-8-17)21-12-20(25(31)27-13-19-4-3-9-29(32)15-19)16-30-22(14-26-24(21)30)23-6-5-18(2)33-23/h3-6,9,12,14-17H,7-8,10-11,13H2,1-2H3,(H,27,31). The van der Waals surface area contributed by atoms with Gasteiger partial charge in [0.25, 0.3) is 5.91 Å². The molecule has 1 amide bonds. The number of anilines is 1. The maximum Gasteiger partial charge on any atom is 0.253 e. The Kier molecular flexibility index (Phi) is 5.76. The second-order valence-electron chi connectivity index (χ2n) is 8.79. The van der Waals surface area contributed by atoms with E-state index in [9.17, 15) is 10.0 Å². The molecule has 7 nitrogen and oxygen atoms in total. The lowest BCUT2D eigenvalue weighted by molar-refractivity contribution is -0.605. The zero-order valence-electron chi connectivity index (χ0n) is 18.8. The summed E-state index contributed by atoms with van der Waals surface area (Å²) in [5.74, 6) is 0.537. The Labute approximate surface area is 196 Å². The first-order valence-corrected chi connectivity index (χ1v) is 12.1. The predicted octanol–water partition coefficient (Wildman–Crippen LogP) is 4.17. The second kappa shape index (κ2) is 8.86. The number of thiophene rings is 1. The third kappa shape index (κ3) is 4.43. The molecule has 0 aromatic carbocycles. The topological polar surface area (TPSA) is 76.6 Å². The van der Waals surface area contributed by atoms with Crippen molar-refractivity contribution in [2.75, 3.05) is 18.0 Å². The van der Waals surface area contributed by atoms with Crippen molar-refractivity contribution in [1.82, 2.24) is 14.7 Å². The van der Waals surface area contributed by atoms with Gasteiger partial charge in [0.05, 0.1) is 28.0 Å². The lowest BCUT2D eigenvalue weighted by Gasteiger charge is -2.32. The summed E-state index contributed by atoms with van der Waals surface area (Å²) in [6.45, 7) is 6.58. The Balaban J connectivity index is 1.52. The van der Waals surface area contributed by atoms with Gasteiger partial charge in [-0.05, 0) is 49.9 Å². The van der Waals surface area contributed by atoms with Crippen LogP contribution in [0.1, 0.15) is 40.6 Å². The van der Waals surface area contributed by atoms with Gasteiger partial charge in [0.15, 0.2) is 18.0 Å². The number of nitrogens with one attached hydrogen (secondary N) is 1. The van der Waals surface area contributed by atoms with Crippen LogP contribution >= 0.6 is 11.3 Å². The van der Waals surface area contributed by atoms with Crippen LogP contribution in [0.4, 0.5) is 5.69 Å². The number of carbonyl (C=O) groups excluding carboxylic acids is 1. The zero-order chi connectivity index (χ0) is 22.9. The van der Waals surface area contributed by atoms with Gasteiger partial charge in [-0.1, -0.05) is 6.92 Å². The van der Waals surface area contributed by atoms with Gasteiger partial charge in [-0.25, -0.2) is 4.98 Å². The number of nitrogens with zero attached hydrogens (tertiary/aromatic N) is 4. The molecule has 1 aliphatic rings. The van der Waals surface area contributed by atoms with Crippen LogP contribution in [0, 0.1) is 18.0 Å². The number of fused-ring (bicyclic) bond motifs is 1. The van der Waals surface area contributed by atoms with Gasteiger partial charge in [-0.2, -0.15) is 4.73 Å². The number of imidazole rings is 1. The van der Waals surface area contributed by atoms with Crippen molar-refractivity contribution in [3.63, 3.8) is 0 Å². The summed E-state index contributed by atoms with van der Waals surface area (Å²) in [7, 11) is 0. The largest absolute Gasteiger partial charge is 0.619 e. The molecule has 0 radical (unpaired) electrons. The van der Waals surface area contributed by atoms with Crippen LogP contribution in [-0.2, 0) is 6.54 Å². The summed E-state index contributed by atoms with van der Waals surface area (Å²) in [5, 5.41) is 14.5. The molecule has 0 bridgehead atoms. The first kappa shape index (κ1) is 21.5. The van der Waals surface area contributed by atoms with E-state index in [-0.39, 0.29) is 12.5 Å². The summed E-state index contributed by atoms with van der Waals surface area (Å²) >= 11 is 1.72. The average molecular weight is 462 g/mol. The SMILES string of the molecule is Cc1ccc(-c2cnc3c(N4CCC(C)CC4)cc(C(=O)NCc4ccc[n+]([O-])c4)cn23)s1. The number of pyridine rings is 2. The maximum absolute atomic E-state index is 13.2. The minimum Gasteiger partial charge on any atom is -0.619 e. The molecule has 0 unspecified atom stereocenters. The molecule has 1 saturated heterocycles. The molecule has 4 aromatic heterocycles. The van der Waals surface area contributed by atoms with Gasteiger partial charge in [0.2, 0.25) is 0 Å². The van der Waals surface area contributed by atoms with E-state index in [0.29, 0.717) is 11.5 Å². The highest BCUT2D eigenvalue weighted by Gasteiger charge is 2.22. The van der Waals surface area contributed by atoms with Crippen molar-refractivity contribution < 1.29 is 9.52 Å². The fourth-order valence-electron chi connectivity index (χ4n) is 4.32. The zero-order valence-corrected chi connectivity index (χ0v) is 19.6. The number of aryl methyl sites for hydroxylation is 1. The number of amides is 1. The summed E-state index contributed by atoms with van der Waals surface area (Å²) in [5.41, 5.74) is 4.18. The minimum atomic E-state index is -0.174. The molecule has 5 heterocycles. The third-order valence-electron chi connectivity index (χ3n) is 6.26. The van der Waals surface area contributed by atoms with Crippen LogP contribution in [0.5, 0.6) is 0 Å². The quantitative estimate of drug-likeness (QED) is 0.357. The molecule has 5 rings (SSSR count). The summed E-state index contributed by atoms with van der Waals surface area (Å²) < 4.78 is 2.78. The first-order valence-electron chi connectivity index (χ1n) is 11.3. The van der Waals surface area contributed by atoms with E-state index < -0.39 is 0 Å². The molecule has 33 heavy (non-hydrogen) atoms. The fourth-order valence-corrected chi connectivity index (χ4v) is 5.19. The number of piperidine rings is 1. The van der Waals surface area contributed by atoms with Crippen LogP contribution in [-0.4, -0.2) is 28.4 Å². The van der Waals surface area contributed by atoms with Crippen molar-refractivity contribution in [3.8, 4) is 10.6 Å². The second-order valence-corrected chi connectivity index (χ2v) is 10.1. The highest BCUT2D eigenvalue weighted by Crippen LogP contribution is 2.33. The van der Waals surface area contributed by atoms with Gasteiger partial charge in [-0.3, -0.25) is 9.20 Å². The van der Waals surface area contributed by atoms with Crippen LogP contribution < -0.4 is 14.9 Å². The Morgan fingerprint density at radius 1 is 1.30 bits per heavy atom. The molecule has 4 aromatic rings. The molecule has 0 aliphatic carbocycles. The Hall–Kier alpha value is -3.39. The summed E-state index contributed by atoms with van der Waals surface area (Å²) in [4.78, 5) is 22.6. The number of carbonyl (C=O) groups is 1. The van der Waals surface area contributed by atoms with Crippen molar-refractivity contribution in [3.05, 3.63) is 76.3 Å². The van der Waals surface area contributed by atoms with Crippen LogP contribution in [0.3, 0.4) is 0 Å². The smallest absolute Gasteiger partial charge is 0.253 e. The summed E-state index contributed by atoms with van der Waals surface area (Å²) in [6.07, 6.45) is 8.92. The molecule has 1 aliphatic heterocycles. The van der Waals surface area contributed by atoms with Crippen LogP contribution in [0.2, 0.25) is 0 Å². The van der Waals surface area contributed by atoms with Gasteiger partial charge >= 0.3 is 0 Å². The lowest BCUT2D eigenvalue weighted by atomic mass is 9.99. The van der Waals surface area contributed by atoms with Crippen LogP contribution in [0.25, 0.3) is 16.2 Å². The monoisotopic (exact) mass is 461 g/mol. The van der Waals surface area contributed by atoms with E-state index >= 15 is 0 Å². The molecule has 1 N–H and O–H groups in total. The van der Waals surface area contributed by atoms with E-state index in [4.69, 9.17) is 4.98 Å². The Morgan fingerprint density at radius 2 is 2.12 bits per heavy atom. The molecule has 1 fully saturated rings. The maximum atomic E-state index is 13.2. The normalized spacial score (nSPS) is 14.7. The minimum absolute atomic E-state index is 0.174. The lowest BCUT2D eigenvalue weighted by Crippen LogP contribution is -2.33. The average Bonchev–Trinajstić information content (AvgIpc) is 3.43. The number of hydrogen-bond acceptors (Lipinski definition) is 5. The van der Waals surface area contributed by atoms with E-state index in [2.05, 4.69) is 36.2 Å². The number of aromatic nitrogens is 3. The van der Waals surface area contributed by atoms with Crippen molar-refractivity contribution in [2.24, 2.45) is 5.92 Å². The molecule has 8 heteroatoms. The van der Waals surface area contributed by atoms with Crippen molar-refractivity contribution in [1.29, 1.82) is 0 Å². The van der Waals surface area contributed by atoms with E-state index in [1.165, 1.54) is 17.3 Å². The molecule has 0 saturated carbocycles. The highest BCUT2D eigenvalue weighted by atomic mass is 32.1. The molecule has 0 spiro atoms. The van der Waals surface area contributed by atoms with Gasteiger partial charge in [0.1, 0.15) is 0 Å². The molecule has 0 atom stereocenters. The van der Waals surface area contributed by atoms with E-state index in [1.807, 2.05) is 28.9 Å². The van der Waals surface area contributed by atoms with Crippen molar-refractivity contribution >= 4 is 28.6 Å². The molecular formula is C25H27N5O2S. The molecule has 170 valence electrons. The van der Waals surface area contributed by atoms with Crippen molar-refractivity contribution in [2.45, 2.75) is 33.2 Å². The van der Waals surface area contributed by atoms with Gasteiger partial charge < -0.3 is 15.4 Å². The Bertz CT molecular complexity index is 1300. The highest BCUT2D eigenvalue weighted by molar-refractivity contribution is 7.15. The van der Waals surface area contributed by atoms with Crippen LogP contribution in [0.15, 0.2) is 55.1 Å².